The number of carbonyl (C=O) groups is 1. The van der Waals surface area contributed by atoms with E-state index in [-0.39, 0.29) is 17.9 Å². The molecule has 2 aromatic carbocycles. The number of amides is 1. The number of aromatic nitrogens is 2. The number of hydrogen-bond donors (Lipinski definition) is 1. The first-order valence-electron chi connectivity index (χ1n) is 9.36. The average Bonchev–Trinajstić information content (AvgIpc) is 2.72. The minimum Gasteiger partial charge on any atom is -0.484 e. The van der Waals surface area contributed by atoms with Crippen LogP contribution in [0, 0.1) is 0 Å². The molecule has 0 unspecified atom stereocenters. The van der Waals surface area contributed by atoms with Gasteiger partial charge in [-0.1, -0.05) is 45.0 Å². The minimum absolute atomic E-state index is 0.0550. The molecular formula is C23H25N3O3. The lowest BCUT2D eigenvalue weighted by Crippen LogP contribution is -2.20. The van der Waals surface area contributed by atoms with Crippen molar-refractivity contribution in [1.29, 1.82) is 0 Å². The predicted molar refractivity (Wildman–Crippen MR) is 113 cm³/mol. The van der Waals surface area contributed by atoms with E-state index in [2.05, 4.69) is 36.3 Å². The standard InChI is InChI=1S/C23H25N3O3/c1-23(2,3)17-7-11-19(12-8-17)29-15-21(27)24-18-9-5-16(6-10-18)20-13-14-22(28-4)26-25-20/h5-14H,15H2,1-4H3,(H,24,27). The predicted octanol–water partition coefficient (Wildman–Crippen LogP) is 4.47. The number of benzene rings is 2. The number of hydrogen-bond acceptors (Lipinski definition) is 5. The maximum absolute atomic E-state index is 12.2. The van der Waals surface area contributed by atoms with Crippen LogP contribution in [0.1, 0.15) is 26.3 Å². The van der Waals surface area contributed by atoms with Gasteiger partial charge in [-0.2, -0.15) is 0 Å². The summed E-state index contributed by atoms with van der Waals surface area (Å²) in [5.74, 6) is 0.911. The Morgan fingerprint density at radius 3 is 2.17 bits per heavy atom. The summed E-state index contributed by atoms with van der Waals surface area (Å²) in [5.41, 5.74) is 3.61. The SMILES string of the molecule is COc1ccc(-c2ccc(NC(=O)COc3ccc(C(C)(C)C)cc3)cc2)nn1. The summed E-state index contributed by atoms with van der Waals surface area (Å²) in [6.45, 7) is 6.41. The molecule has 0 saturated carbocycles. The normalized spacial score (nSPS) is 11.0. The molecule has 0 aliphatic heterocycles. The van der Waals surface area contributed by atoms with E-state index < -0.39 is 0 Å². The van der Waals surface area contributed by atoms with E-state index in [1.165, 1.54) is 5.56 Å². The van der Waals surface area contributed by atoms with Crippen molar-refractivity contribution in [2.75, 3.05) is 19.0 Å². The third-order valence-electron chi connectivity index (χ3n) is 4.40. The molecule has 0 spiro atoms. The van der Waals surface area contributed by atoms with Crippen LogP contribution in [0.5, 0.6) is 11.6 Å². The number of carbonyl (C=O) groups excluding carboxylic acids is 1. The van der Waals surface area contributed by atoms with Crippen LogP contribution in [-0.2, 0) is 10.2 Å². The van der Waals surface area contributed by atoms with E-state index in [9.17, 15) is 4.79 Å². The Morgan fingerprint density at radius 2 is 1.62 bits per heavy atom. The molecule has 1 N–H and O–H groups in total. The molecule has 1 aromatic heterocycles. The lowest BCUT2D eigenvalue weighted by molar-refractivity contribution is -0.118. The molecule has 0 atom stereocenters. The van der Waals surface area contributed by atoms with Gasteiger partial charge in [0.25, 0.3) is 5.91 Å². The van der Waals surface area contributed by atoms with Crippen molar-refractivity contribution in [2.45, 2.75) is 26.2 Å². The molecule has 0 saturated heterocycles. The molecule has 3 rings (SSSR count). The van der Waals surface area contributed by atoms with E-state index in [1.54, 1.807) is 13.2 Å². The molecule has 0 radical (unpaired) electrons. The quantitative estimate of drug-likeness (QED) is 0.671. The van der Waals surface area contributed by atoms with Crippen molar-refractivity contribution in [3.8, 4) is 22.9 Å². The second-order valence-corrected chi connectivity index (χ2v) is 7.65. The van der Waals surface area contributed by atoms with Crippen LogP contribution in [0.4, 0.5) is 5.69 Å². The zero-order valence-electron chi connectivity index (χ0n) is 17.1. The van der Waals surface area contributed by atoms with E-state index in [0.717, 1.165) is 11.3 Å². The van der Waals surface area contributed by atoms with Crippen LogP contribution >= 0.6 is 0 Å². The van der Waals surface area contributed by atoms with Crippen LogP contribution in [-0.4, -0.2) is 29.8 Å². The van der Waals surface area contributed by atoms with Gasteiger partial charge in [-0.25, -0.2) is 0 Å². The molecule has 3 aromatic rings. The molecule has 0 aliphatic carbocycles. The van der Waals surface area contributed by atoms with E-state index in [0.29, 0.717) is 17.3 Å². The first kappa shape index (κ1) is 20.3. The van der Waals surface area contributed by atoms with Gasteiger partial charge >= 0.3 is 0 Å². The largest absolute Gasteiger partial charge is 0.484 e. The van der Waals surface area contributed by atoms with Crippen molar-refractivity contribution in [3.05, 3.63) is 66.2 Å². The summed E-state index contributed by atoms with van der Waals surface area (Å²) >= 11 is 0. The number of nitrogens with zero attached hydrogens (tertiary/aromatic N) is 2. The Balaban J connectivity index is 1.54. The monoisotopic (exact) mass is 391 g/mol. The van der Waals surface area contributed by atoms with Gasteiger partial charge in [0.1, 0.15) is 5.75 Å². The van der Waals surface area contributed by atoms with Crippen LogP contribution in [0.25, 0.3) is 11.3 Å². The third-order valence-corrected chi connectivity index (χ3v) is 4.40. The lowest BCUT2D eigenvalue weighted by atomic mass is 9.87. The topological polar surface area (TPSA) is 73.3 Å². The Kier molecular flexibility index (Phi) is 6.12. The van der Waals surface area contributed by atoms with Crippen molar-refractivity contribution in [1.82, 2.24) is 10.2 Å². The van der Waals surface area contributed by atoms with Crippen LogP contribution in [0.15, 0.2) is 60.7 Å². The second-order valence-electron chi connectivity index (χ2n) is 7.65. The van der Waals surface area contributed by atoms with Gasteiger partial charge in [0.15, 0.2) is 6.61 Å². The highest BCUT2D eigenvalue weighted by atomic mass is 16.5. The third kappa shape index (κ3) is 5.54. The Hall–Kier alpha value is -3.41. The highest BCUT2D eigenvalue weighted by Gasteiger charge is 2.13. The van der Waals surface area contributed by atoms with Gasteiger partial charge < -0.3 is 14.8 Å². The fourth-order valence-electron chi connectivity index (χ4n) is 2.70. The van der Waals surface area contributed by atoms with Gasteiger partial charge in [-0.15, -0.1) is 10.2 Å². The fraction of sp³-hybridized carbons (Fsp3) is 0.261. The van der Waals surface area contributed by atoms with Gasteiger partial charge in [0.2, 0.25) is 5.88 Å². The Morgan fingerprint density at radius 1 is 0.931 bits per heavy atom. The number of ether oxygens (including phenoxy) is 2. The molecule has 0 aliphatic rings. The molecule has 29 heavy (non-hydrogen) atoms. The van der Waals surface area contributed by atoms with E-state index in [1.807, 2.05) is 54.6 Å². The molecule has 0 bridgehead atoms. The Bertz CT molecular complexity index is 945. The minimum atomic E-state index is -0.220. The zero-order valence-corrected chi connectivity index (χ0v) is 17.1. The molecule has 150 valence electrons. The van der Waals surface area contributed by atoms with E-state index in [4.69, 9.17) is 9.47 Å². The smallest absolute Gasteiger partial charge is 0.262 e. The highest BCUT2D eigenvalue weighted by molar-refractivity contribution is 5.92. The number of rotatable bonds is 6. The summed E-state index contributed by atoms with van der Waals surface area (Å²) in [4.78, 5) is 12.2. The maximum atomic E-state index is 12.2. The summed E-state index contributed by atoms with van der Waals surface area (Å²) < 4.78 is 10.6. The summed E-state index contributed by atoms with van der Waals surface area (Å²) in [6.07, 6.45) is 0. The maximum Gasteiger partial charge on any atom is 0.262 e. The Labute approximate surface area is 170 Å². The first-order chi connectivity index (χ1) is 13.8. The molecule has 0 fully saturated rings. The fourth-order valence-corrected chi connectivity index (χ4v) is 2.70. The summed E-state index contributed by atoms with van der Waals surface area (Å²) in [6, 6.07) is 18.8. The van der Waals surface area contributed by atoms with Crippen molar-refractivity contribution in [2.24, 2.45) is 0 Å². The number of methoxy groups -OCH3 is 1. The molecule has 6 nitrogen and oxygen atoms in total. The van der Waals surface area contributed by atoms with Gasteiger partial charge in [0.05, 0.1) is 12.8 Å². The van der Waals surface area contributed by atoms with E-state index >= 15 is 0 Å². The van der Waals surface area contributed by atoms with Crippen LogP contribution < -0.4 is 14.8 Å². The van der Waals surface area contributed by atoms with Gasteiger partial charge in [-0.05, 0) is 41.3 Å². The van der Waals surface area contributed by atoms with Gasteiger partial charge in [0, 0.05) is 17.3 Å². The van der Waals surface area contributed by atoms with Crippen LogP contribution in [0.2, 0.25) is 0 Å². The first-order valence-corrected chi connectivity index (χ1v) is 9.36. The molecule has 6 heteroatoms. The molecular weight excluding hydrogens is 366 g/mol. The summed E-state index contributed by atoms with van der Waals surface area (Å²) in [5, 5.41) is 10.9. The molecule has 1 amide bonds. The summed E-state index contributed by atoms with van der Waals surface area (Å²) in [7, 11) is 1.55. The lowest BCUT2D eigenvalue weighted by Gasteiger charge is -2.19. The average molecular weight is 391 g/mol. The zero-order chi connectivity index (χ0) is 20.9. The van der Waals surface area contributed by atoms with Crippen molar-refractivity contribution < 1.29 is 14.3 Å². The highest BCUT2D eigenvalue weighted by Crippen LogP contribution is 2.24. The van der Waals surface area contributed by atoms with Gasteiger partial charge in [-0.3, -0.25) is 4.79 Å². The number of anilines is 1. The molecule has 1 heterocycles. The second kappa shape index (κ2) is 8.73. The van der Waals surface area contributed by atoms with Crippen LogP contribution in [0.3, 0.4) is 0 Å². The number of nitrogens with one attached hydrogen (secondary N) is 1. The van der Waals surface area contributed by atoms with Crippen molar-refractivity contribution >= 4 is 11.6 Å². The van der Waals surface area contributed by atoms with Crippen molar-refractivity contribution in [3.63, 3.8) is 0 Å².